The van der Waals surface area contributed by atoms with Crippen LogP contribution >= 0.6 is 0 Å². The number of aromatic nitrogens is 4. The van der Waals surface area contributed by atoms with Crippen molar-refractivity contribution in [1.29, 1.82) is 0 Å². The van der Waals surface area contributed by atoms with E-state index in [4.69, 9.17) is 15.1 Å². The zero-order valence-corrected chi connectivity index (χ0v) is 29.9. The molecule has 7 aromatic carbocycles. The lowest BCUT2D eigenvalue weighted by Crippen LogP contribution is -2.00. The minimum absolute atomic E-state index is 0.696. The van der Waals surface area contributed by atoms with Gasteiger partial charge in [0.2, 0.25) is 0 Å². The molecule has 55 heavy (non-hydrogen) atoms. The van der Waals surface area contributed by atoms with E-state index in [0.717, 1.165) is 83.6 Å². The fourth-order valence-corrected chi connectivity index (χ4v) is 7.66. The van der Waals surface area contributed by atoms with Gasteiger partial charge in [-0.1, -0.05) is 188 Å². The summed E-state index contributed by atoms with van der Waals surface area (Å²) in [6.45, 7) is 0. The molecule has 0 saturated heterocycles. The van der Waals surface area contributed by atoms with Crippen molar-refractivity contribution in [2.24, 2.45) is 0 Å². The number of rotatable bonds is 7. The third kappa shape index (κ3) is 5.96. The van der Waals surface area contributed by atoms with Gasteiger partial charge in [-0.05, 0) is 39.8 Å². The van der Waals surface area contributed by atoms with Crippen LogP contribution in [0.2, 0.25) is 0 Å². The molecule has 0 spiro atoms. The number of benzene rings is 7. The van der Waals surface area contributed by atoms with Gasteiger partial charge in [0, 0.05) is 38.8 Å². The summed E-state index contributed by atoms with van der Waals surface area (Å²) >= 11 is 0. The third-order valence-electron chi connectivity index (χ3n) is 10.3. The van der Waals surface area contributed by atoms with Crippen LogP contribution in [0.4, 0.5) is 0 Å². The molecule has 0 aliphatic carbocycles. The number of pyridine rings is 1. The van der Waals surface area contributed by atoms with E-state index in [-0.39, 0.29) is 0 Å². The molecule has 3 aromatic heterocycles. The predicted octanol–water partition coefficient (Wildman–Crippen LogP) is 12.9. The topological polar surface area (TPSA) is 43.1 Å². The standard InChI is InChI=1S/C51H34N4/c1-5-16-36(17-6-1)45-34-52-55-49(39-22-11-4-12-23-39)48(43-26-13-14-27-44(43)50(45)55)42-25-15-24-41(32-42)35-28-30-40(31-29-35)51-53-46(37-18-7-2-8-19-37)33-47(54-51)38-20-9-3-10-21-38/h1-34H. The second-order valence-electron chi connectivity index (χ2n) is 13.7. The van der Waals surface area contributed by atoms with Crippen LogP contribution in [0.5, 0.6) is 0 Å². The molecule has 4 heteroatoms. The van der Waals surface area contributed by atoms with Crippen LogP contribution in [-0.2, 0) is 0 Å². The first-order valence-electron chi connectivity index (χ1n) is 18.5. The van der Waals surface area contributed by atoms with Gasteiger partial charge in [-0.2, -0.15) is 5.10 Å². The molecule has 0 bridgehead atoms. The Morgan fingerprint density at radius 1 is 0.345 bits per heavy atom. The summed E-state index contributed by atoms with van der Waals surface area (Å²) in [5.74, 6) is 0.696. The average Bonchev–Trinajstić information content (AvgIpc) is 3.72. The molecule has 0 aliphatic heterocycles. The highest BCUT2D eigenvalue weighted by atomic mass is 15.2. The predicted molar refractivity (Wildman–Crippen MR) is 226 cm³/mol. The second kappa shape index (κ2) is 13.8. The van der Waals surface area contributed by atoms with Crippen molar-refractivity contribution in [3.05, 3.63) is 206 Å². The zero-order valence-electron chi connectivity index (χ0n) is 29.9. The fraction of sp³-hybridized carbons (Fsp3) is 0. The van der Waals surface area contributed by atoms with Gasteiger partial charge in [0.25, 0.3) is 0 Å². The lowest BCUT2D eigenvalue weighted by molar-refractivity contribution is 0.976. The molecule has 4 nitrogen and oxygen atoms in total. The summed E-state index contributed by atoms with van der Waals surface area (Å²) in [5, 5.41) is 7.43. The molecule has 0 aliphatic rings. The summed E-state index contributed by atoms with van der Waals surface area (Å²) in [5.41, 5.74) is 14.9. The van der Waals surface area contributed by atoms with Crippen molar-refractivity contribution < 1.29 is 0 Å². The maximum absolute atomic E-state index is 5.08. The summed E-state index contributed by atoms with van der Waals surface area (Å²) in [6, 6.07) is 70.0. The number of nitrogens with zero attached hydrogens (tertiary/aromatic N) is 4. The summed E-state index contributed by atoms with van der Waals surface area (Å²) in [6.07, 6.45) is 2.01. The first-order chi connectivity index (χ1) is 27.3. The molecular weight excluding hydrogens is 669 g/mol. The Bertz CT molecular complexity index is 2880. The van der Waals surface area contributed by atoms with Crippen molar-refractivity contribution in [2.75, 3.05) is 0 Å². The first-order valence-corrected chi connectivity index (χ1v) is 18.5. The maximum Gasteiger partial charge on any atom is 0.160 e. The molecule has 10 rings (SSSR count). The Balaban J connectivity index is 1.10. The minimum atomic E-state index is 0.696. The van der Waals surface area contributed by atoms with Crippen LogP contribution in [0.15, 0.2) is 206 Å². The average molecular weight is 703 g/mol. The lowest BCUT2D eigenvalue weighted by atomic mass is 9.90. The van der Waals surface area contributed by atoms with E-state index < -0.39 is 0 Å². The molecule has 0 radical (unpaired) electrons. The first kappa shape index (κ1) is 32.2. The molecular formula is C51H34N4. The van der Waals surface area contributed by atoms with Gasteiger partial charge in [0.1, 0.15) is 0 Å². The van der Waals surface area contributed by atoms with Gasteiger partial charge < -0.3 is 0 Å². The molecule has 0 atom stereocenters. The molecule has 10 aromatic rings. The molecule has 3 heterocycles. The molecule has 0 unspecified atom stereocenters. The normalized spacial score (nSPS) is 11.3. The fourth-order valence-electron chi connectivity index (χ4n) is 7.66. The van der Waals surface area contributed by atoms with E-state index in [0.29, 0.717) is 5.82 Å². The Morgan fingerprint density at radius 2 is 0.836 bits per heavy atom. The van der Waals surface area contributed by atoms with Crippen molar-refractivity contribution in [2.45, 2.75) is 0 Å². The van der Waals surface area contributed by atoms with Crippen molar-refractivity contribution in [3.8, 4) is 78.5 Å². The van der Waals surface area contributed by atoms with Crippen molar-refractivity contribution in [3.63, 3.8) is 0 Å². The van der Waals surface area contributed by atoms with Crippen LogP contribution in [0.3, 0.4) is 0 Å². The number of fused-ring (bicyclic) bond motifs is 3. The summed E-state index contributed by atoms with van der Waals surface area (Å²) in [7, 11) is 0. The van der Waals surface area contributed by atoms with E-state index in [1.165, 1.54) is 5.39 Å². The Hall–Kier alpha value is -7.43. The molecule has 0 fully saturated rings. The Labute approximate surface area is 319 Å². The van der Waals surface area contributed by atoms with E-state index in [9.17, 15) is 0 Å². The summed E-state index contributed by atoms with van der Waals surface area (Å²) in [4.78, 5) is 10.1. The SMILES string of the molecule is c1ccc(-c2cc(-c3ccccc3)nc(-c3ccc(-c4cccc(-c5c(-c6ccccc6)n6ncc(-c7ccccc7)c6c6ccccc56)c4)cc3)n2)cc1. The molecule has 0 amide bonds. The molecule has 0 saturated carbocycles. The van der Waals surface area contributed by atoms with E-state index >= 15 is 0 Å². The van der Waals surface area contributed by atoms with E-state index in [1.54, 1.807) is 0 Å². The highest BCUT2D eigenvalue weighted by Crippen LogP contribution is 2.43. The van der Waals surface area contributed by atoms with Gasteiger partial charge >= 0.3 is 0 Å². The lowest BCUT2D eigenvalue weighted by Gasteiger charge is -2.18. The third-order valence-corrected chi connectivity index (χ3v) is 10.3. The van der Waals surface area contributed by atoms with Crippen LogP contribution in [0.25, 0.3) is 94.8 Å². The second-order valence-corrected chi connectivity index (χ2v) is 13.7. The van der Waals surface area contributed by atoms with E-state index in [1.807, 2.05) is 42.6 Å². The number of hydrogen-bond donors (Lipinski definition) is 0. The van der Waals surface area contributed by atoms with Crippen LogP contribution in [0, 0.1) is 0 Å². The highest BCUT2D eigenvalue weighted by Gasteiger charge is 2.21. The zero-order chi connectivity index (χ0) is 36.6. The monoisotopic (exact) mass is 702 g/mol. The number of hydrogen-bond acceptors (Lipinski definition) is 3. The van der Waals surface area contributed by atoms with Gasteiger partial charge in [-0.15, -0.1) is 0 Å². The Kier molecular flexibility index (Phi) is 8.12. The van der Waals surface area contributed by atoms with Gasteiger partial charge in [0.05, 0.1) is 28.8 Å². The van der Waals surface area contributed by atoms with Gasteiger partial charge in [-0.3, -0.25) is 0 Å². The molecule has 258 valence electrons. The molecule has 0 N–H and O–H groups in total. The van der Waals surface area contributed by atoms with E-state index in [2.05, 4.69) is 168 Å². The van der Waals surface area contributed by atoms with Crippen LogP contribution in [0.1, 0.15) is 0 Å². The van der Waals surface area contributed by atoms with Crippen molar-refractivity contribution >= 4 is 16.3 Å². The van der Waals surface area contributed by atoms with Crippen molar-refractivity contribution in [1.82, 2.24) is 19.6 Å². The minimum Gasteiger partial charge on any atom is -0.231 e. The van der Waals surface area contributed by atoms with Crippen LogP contribution < -0.4 is 0 Å². The van der Waals surface area contributed by atoms with Gasteiger partial charge in [-0.25, -0.2) is 14.5 Å². The summed E-state index contributed by atoms with van der Waals surface area (Å²) < 4.78 is 2.14. The quantitative estimate of drug-likeness (QED) is 0.166. The highest BCUT2D eigenvalue weighted by molar-refractivity contribution is 6.13. The largest absolute Gasteiger partial charge is 0.231 e. The smallest absolute Gasteiger partial charge is 0.160 e. The van der Waals surface area contributed by atoms with Gasteiger partial charge in [0.15, 0.2) is 5.82 Å². The maximum atomic E-state index is 5.08. The van der Waals surface area contributed by atoms with Crippen LogP contribution in [-0.4, -0.2) is 19.6 Å². The Morgan fingerprint density at radius 3 is 1.45 bits per heavy atom.